The Hall–Kier alpha value is -0.770. The summed E-state index contributed by atoms with van der Waals surface area (Å²) in [5.74, 6) is 0.474. The van der Waals surface area contributed by atoms with Crippen molar-refractivity contribution in [2.45, 2.75) is 45.6 Å². The molecule has 88 valence electrons. The number of rotatable bonds is 3. The molecule has 0 aliphatic heterocycles. The average molecular weight is 213 g/mol. The Bertz CT molecular complexity index is 233. The summed E-state index contributed by atoms with van der Waals surface area (Å²) < 4.78 is 0. The van der Waals surface area contributed by atoms with Crippen molar-refractivity contribution in [2.24, 2.45) is 16.1 Å². The molecule has 1 fully saturated rings. The molecule has 4 nitrogen and oxygen atoms in total. The van der Waals surface area contributed by atoms with Gasteiger partial charge < -0.3 is 16.2 Å². The van der Waals surface area contributed by atoms with Crippen molar-refractivity contribution in [3.63, 3.8) is 0 Å². The van der Waals surface area contributed by atoms with Crippen molar-refractivity contribution in [2.75, 3.05) is 13.2 Å². The second-order valence-corrected chi connectivity index (χ2v) is 5.59. The van der Waals surface area contributed by atoms with Gasteiger partial charge in [-0.2, -0.15) is 0 Å². The zero-order valence-corrected chi connectivity index (χ0v) is 10.0. The van der Waals surface area contributed by atoms with Crippen LogP contribution >= 0.6 is 0 Å². The number of nitrogens with one attached hydrogen (secondary N) is 1. The highest BCUT2D eigenvalue weighted by Gasteiger charge is 2.36. The van der Waals surface area contributed by atoms with E-state index in [0.717, 1.165) is 12.8 Å². The maximum absolute atomic E-state index is 9.25. The first kappa shape index (κ1) is 12.3. The molecule has 1 rings (SSSR count). The summed E-state index contributed by atoms with van der Waals surface area (Å²) in [7, 11) is 0. The number of nitrogens with two attached hydrogens (primary N) is 1. The lowest BCUT2D eigenvalue weighted by atomic mass is 9.69. The molecule has 4 heteroatoms. The molecular weight excluding hydrogens is 190 g/mol. The van der Waals surface area contributed by atoms with Gasteiger partial charge in [0.05, 0.1) is 13.2 Å². The number of hydrogen-bond acceptors (Lipinski definition) is 2. The average Bonchev–Trinajstić information content (AvgIpc) is 1.99. The van der Waals surface area contributed by atoms with E-state index in [-0.39, 0.29) is 17.6 Å². The summed E-state index contributed by atoms with van der Waals surface area (Å²) in [4.78, 5) is 4.30. The molecule has 1 aliphatic carbocycles. The summed E-state index contributed by atoms with van der Waals surface area (Å²) in [6.45, 7) is 6.99. The van der Waals surface area contributed by atoms with Crippen molar-refractivity contribution in [3.8, 4) is 0 Å². The fourth-order valence-corrected chi connectivity index (χ4v) is 1.72. The monoisotopic (exact) mass is 213 g/mol. The van der Waals surface area contributed by atoms with Crippen LogP contribution in [0.1, 0.15) is 40.0 Å². The minimum absolute atomic E-state index is 0.0180. The summed E-state index contributed by atoms with van der Waals surface area (Å²) in [5.41, 5.74) is 5.72. The van der Waals surface area contributed by atoms with Gasteiger partial charge in [0, 0.05) is 11.0 Å². The van der Waals surface area contributed by atoms with Crippen molar-refractivity contribution >= 4 is 5.96 Å². The zero-order chi connectivity index (χ0) is 11.5. The Morgan fingerprint density at radius 2 is 2.07 bits per heavy atom. The quantitative estimate of drug-likeness (QED) is 0.481. The van der Waals surface area contributed by atoms with Crippen LogP contribution in [-0.4, -0.2) is 29.8 Å². The lowest BCUT2D eigenvalue weighted by Gasteiger charge is -2.39. The molecule has 0 radical (unpaired) electrons. The highest BCUT2D eigenvalue weighted by molar-refractivity contribution is 5.78. The molecule has 0 aromatic rings. The van der Waals surface area contributed by atoms with E-state index >= 15 is 0 Å². The molecule has 0 spiro atoms. The van der Waals surface area contributed by atoms with Crippen LogP contribution in [0.2, 0.25) is 0 Å². The molecular formula is C11H23N3O. The van der Waals surface area contributed by atoms with Gasteiger partial charge in [-0.15, -0.1) is 0 Å². The summed E-state index contributed by atoms with van der Waals surface area (Å²) in [6, 6.07) is 0. The Morgan fingerprint density at radius 1 is 1.47 bits per heavy atom. The smallest absolute Gasteiger partial charge is 0.189 e. The third-order valence-corrected chi connectivity index (χ3v) is 2.84. The Kier molecular flexibility index (Phi) is 3.60. The largest absolute Gasteiger partial charge is 0.396 e. The SMILES string of the molecule is CC(C)(C)NC(N)=NCC1(CO)CCC1. The Labute approximate surface area is 92.0 Å². The van der Waals surface area contributed by atoms with E-state index in [1.165, 1.54) is 6.42 Å². The van der Waals surface area contributed by atoms with Crippen LogP contribution in [0.3, 0.4) is 0 Å². The molecule has 0 bridgehead atoms. The molecule has 0 aromatic heterocycles. The highest BCUT2D eigenvalue weighted by Crippen LogP contribution is 2.40. The van der Waals surface area contributed by atoms with E-state index in [1.54, 1.807) is 0 Å². The molecule has 0 heterocycles. The first-order valence-corrected chi connectivity index (χ1v) is 5.56. The third kappa shape index (κ3) is 3.70. The number of aliphatic imine (C=N–C) groups is 1. The van der Waals surface area contributed by atoms with Gasteiger partial charge in [-0.3, -0.25) is 4.99 Å². The molecule has 4 N–H and O–H groups in total. The maximum atomic E-state index is 9.25. The maximum Gasteiger partial charge on any atom is 0.189 e. The first-order chi connectivity index (χ1) is 6.87. The molecule has 0 saturated heterocycles. The Morgan fingerprint density at radius 3 is 2.40 bits per heavy atom. The predicted molar refractivity (Wildman–Crippen MR) is 62.7 cm³/mol. The van der Waals surface area contributed by atoms with Gasteiger partial charge in [-0.1, -0.05) is 6.42 Å². The molecule has 0 aromatic carbocycles. The highest BCUT2D eigenvalue weighted by atomic mass is 16.3. The summed E-state index contributed by atoms with van der Waals surface area (Å²) in [6.07, 6.45) is 3.33. The predicted octanol–water partition coefficient (Wildman–Crippen LogP) is 0.852. The molecule has 1 aliphatic rings. The van der Waals surface area contributed by atoms with Crippen LogP contribution in [0, 0.1) is 5.41 Å². The molecule has 0 atom stereocenters. The number of aliphatic hydroxyl groups is 1. The van der Waals surface area contributed by atoms with Gasteiger partial charge in [0.15, 0.2) is 5.96 Å². The van der Waals surface area contributed by atoms with Gasteiger partial charge >= 0.3 is 0 Å². The van der Waals surface area contributed by atoms with Crippen molar-refractivity contribution < 1.29 is 5.11 Å². The van der Waals surface area contributed by atoms with Crippen LogP contribution in [0.4, 0.5) is 0 Å². The first-order valence-electron chi connectivity index (χ1n) is 5.56. The third-order valence-electron chi connectivity index (χ3n) is 2.84. The van der Waals surface area contributed by atoms with E-state index in [1.807, 2.05) is 20.8 Å². The van der Waals surface area contributed by atoms with Crippen LogP contribution in [0.5, 0.6) is 0 Å². The molecule has 1 saturated carbocycles. The molecule has 0 unspecified atom stereocenters. The second kappa shape index (κ2) is 4.39. The number of hydrogen-bond donors (Lipinski definition) is 3. The summed E-state index contributed by atoms with van der Waals surface area (Å²) in [5, 5.41) is 12.4. The number of nitrogens with zero attached hydrogens (tertiary/aromatic N) is 1. The van der Waals surface area contributed by atoms with E-state index in [4.69, 9.17) is 5.73 Å². The fraction of sp³-hybridized carbons (Fsp3) is 0.909. The van der Waals surface area contributed by atoms with Crippen molar-refractivity contribution in [1.82, 2.24) is 5.32 Å². The standard InChI is InChI=1S/C11H23N3O/c1-10(2,3)14-9(12)13-7-11(8-15)5-4-6-11/h15H,4-8H2,1-3H3,(H3,12,13,14). The van der Waals surface area contributed by atoms with E-state index in [2.05, 4.69) is 10.3 Å². The normalized spacial score (nSPS) is 20.9. The van der Waals surface area contributed by atoms with Gasteiger partial charge in [0.1, 0.15) is 0 Å². The zero-order valence-electron chi connectivity index (χ0n) is 10.0. The van der Waals surface area contributed by atoms with E-state index in [9.17, 15) is 5.11 Å². The van der Waals surface area contributed by atoms with Crippen molar-refractivity contribution in [1.29, 1.82) is 0 Å². The van der Waals surface area contributed by atoms with Crippen LogP contribution in [-0.2, 0) is 0 Å². The molecule has 15 heavy (non-hydrogen) atoms. The number of guanidine groups is 1. The van der Waals surface area contributed by atoms with Crippen LogP contribution in [0.25, 0.3) is 0 Å². The fourth-order valence-electron chi connectivity index (χ4n) is 1.72. The minimum atomic E-state index is -0.0560. The van der Waals surface area contributed by atoms with E-state index < -0.39 is 0 Å². The van der Waals surface area contributed by atoms with Gasteiger partial charge in [0.2, 0.25) is 0 Å². The topological polar surface area (TPSA) is 70.6 Å². The van der Waals surface area contributed by atoms with Crippen LogP contribution < -0.4 is 11.1 Å². The number of aliphatic hydroxyl groups excluding tert-OH is 1. The Balaban J connectivity index is 2.42. The lowest BCUT2D eigenvalue weighted by molar-refractivity contribution is 0.0539. The lowest BCUT2D eigenvalue weighted by Crippen LogP contribution is -2.46. The van der Waals surface area contributed by atoms with Gasteiger partial charge in [-0.25, -0.2) is 0 Å². The van der Waals surface area contributed by atoms with Gasteiger partial charge in [-0.05, 0) is 33.6 Å². The minimum Gasteiger partial charge on any atom is -0.396 e. The summed E-state index contributed by atoms with van der Waals surface area (Å²) >= 11 is 0. The van der Waals surface area contributed by atoms with E-state index in [0.29, 0.717) is 12.5 Å². The van der Waals surface area contributed by atoms with Crippen LogP contribution in [0.15, 0.2) is 4.99 Å². The molecule has 0 amide bonds. The van der Waals surface area contributed by atoms with Gasteiger partial charge in [0.25, 0.3) is 0 Å². The second-order valence-electron chi connectivity index (χ2n) is 5.59. The van der Waals surface area contributed by atoms with Crippen molar-refractivity contribution in [3.05, 3.63) is 0 Å².